The minimum absolute atomic E-state index is 0.0831. The van der Waals surface area contributed by atoms with Gasteiger partial charge in [0.25, 0.3) is 5.56 Å². The standard InChI is InChI=1S/C26H26ClFN6O2/c1-14-11-33(13-22(36-14)16-10-29-34(12-16)18-5-6-18)23-9-20-25(30-15(2)32(3)26(20)35)24(31-23)19-7-4-17(27)8-21(19)28/h4,7-10,12,14,18,22H,5-6,11,13H2,1-3H3/t14-,22+/m1/s1. The maximum Gasteiger partial charge on any atom is 0.261 e. The van der Waals surface area contributed by atoms with E-state index in [0.717, 1.165) is 18.4 Å². The molecule has 0 bridgehead atoms. The van der Waals surface area contributed by atoms with Gasteiger partial charge in [0.2, 0.25) is 0 Å². The summed E-state index contributed by atoms with van der Waals surface area (Å²) in [6, 6.07) is 6.68. The number of hydrogen-bond acceptors (Lipinski definition) is 6. The van der Waals surface area contributed by atoms with Gasteiger partial charge in [0.1, 0.15) is 34.8 Å². The van der Waals surface area contributed by atoms with E-state index in [0.29, 0.717) is 47.4 Å². The number of rotatable bonds is 4. The summed E-state index contributed by atoms with van der Waals surface area (Å²) in [5.41, 5.74) is 1.73. The first-order chi connectivity index (χ1) is 17.3. The molecule has 2 atom stereocenters. The first-order valence-electron chi connectivity index (χ1n) is 12.1. The third-order valence-corrected chi connectivity index (χ3v) is 7.19. The van der Waals surface area contributed by atoms with Gasteiger partial charge < -0.3 is 9.64 Å². The summed E-state index contributed by atoms with van der Waals surface area (Å²) in [5.74, 6) is 0.573. The molecule has 6 rings (SSSR count). The van der Waals surface area contributed by atoms with Crippen LogP contribution >= 0.6 is 11.6 Å². The second-order valence-corrected chi connectivity index (χ2v) is 10.1. The van der Waals surface area contributed by atoms with E-state index in [1.54, 1.807) is 32.2 Å². The zero-order valence-electron chi connectivity index (χ0n) is 20.3. The molecule has 0 amide bonds. The summed E-state index contributed by atoms with van der Waals surface area (Å²) in [6.07, 6.45) is 5.95. The average Bonchev–Trinajstić information content (AvgIpc) is 3.58. The Morgan fingerprint density at radius 3 is 2.72 bits per heavy atom. The Morgan fingerprint density at radius 2 is 1.97 bits per heavy atom. The smallest absolute Gasteiger partial charge is 0.261 e. The second-order valence-electron chi connectivity index (χ2n) is 9.70. The van der Waals surface area contributed by atoms with Crippen LogP contribution in [0.2, 0.25) is 5.02 Å². The zero-order valence-corrected chi connectivity index (χ0v) is 21.0. The minimum atomic E-state index is -0.519. The van der Waals surface area contributed by atoms with Gasteiger partial charge in [-0.25, -0.2) is 14.4 Å². The lowest BCUT2D eigenvalue weighted by molar-refractivity contribution is -0.0176. The molecular weight excluding hydrogens is 483 g/mol. The second kappa shape index (κ2) is 8.67. The van der Waals surface area contributed by atoms with E-state index in [9.17, 15) is 4.79 Å². The fourth-order valence-corrected chi connectivity index (χ4v) is 4.94. The van der Waals surface area contributed by atoms with Crippen molar-refractivity contribution in [3.05, 3.63) is 69.2 Å². The van der Waals surface area contributed by atoms with Gasteiger partial charge in [-0.15, -0.1) is 0 Å². The SMILES string of the molecule is Cc1nc2c(-c3ccc(Cl)cc3F)nc(N3C[C@@H](C)O[C@H](c4cnn(C5CC5)c4)C3)cc2c(=O)n1C. The normalized spacial score (nSPS) is 20.3. The molecule has 0 N–H and O–H groups in total. The Kier molecular flexibility index (Phi) is 5.57. The lowest BCUT2D eigenvalue weighted by atomic mass is 10.1. The first kappa shape index (κ1) is 23.1. The van der Waals surface area contributed by atoms with Crippen molar-refractivity contribution in [1.29, 1.82) is 0 Å². The van der Waals surface area contributed by atoms with Crippen LogP contribution in [0, 0.1) is 12.7 Å². The number of morpholine rings is 1. The van der Waals surface area contributed by atoms with Crippen molar-refractivity contribution in [1.82, 2.24) is 24.3 Å². The molecule has 1 saturated carbocycles. The molecule has 1 aliphatic heterocycles. The van der Waals surface area contributed by atoms with Crippen LogP contribution in [0.5, 0.6) is 0 Å². The Labute approximate surface area is 212 Å². The fourth-order valence-electron chi connectivity index (χ4n) is 4.78. The van der Waals surface area contributed by atoms with Crippen molar-refractivity contribution in [2.45, 2.75) is 44.9 Å². The van der Waals surface area contributed by atoms with Crippen molar-refractivity contribution >= 4 is 28.3 Å². The summed E-state index contributed by atoms with van der Waals surface area (Å²) in [4.78, 5) is 24.8. The molecule has 0 radical (unpaired) electrons. The van der Waals surface area contributed by atoms with Gasteiger partial charge in [0.15, 0.2) is 0 Å². The highest BCUT2D eigenvalue weighted by Crippen LogP contribution is 2.37. The molecule has 2 fully saturated rings. The number of nitrogens with zero attached hydrogens (tertiary/aromatic N) is 6. The van der Waals surface area contributed by atoms with Crippen LogP contribution < -0.4 is 10.5 Å². The lowest BCUT2D eigenvalue weighted by Gasteiger charge is -2.37. The number of anilines is 1. The number of pyridine rings is 1. The number of ether oxygens (including phenoxy) is 1. The first-order valence-corrected chi connectivity index (χ1v) is 12.4. The van der Waals surface area contributed by atoms with E-state index in [1.165, 1.54) is 10.6 Å². The van der Waals surface area contributed by atoms with E-state index < -0.39 is 5.82 Å². The molecule has 10 heteroatoms. The fraction of sp³-hybridized carbons (Fsp3) is 0.385. The number of hydrogen-bond donors (Lipinski definition) is 0. The van der Waals surface area contributed by atoms with Crippen LogP contribution in [0.15, 0.2) is 41.5 Å². The largest absolute Gasteiger partial charge is 0.367 e. The highest BCUT2D eigenvalue weighted by atomic mass is 35.5. The molecule has 3 aromatic heterocycles. The maximum atomic E-state index is 15.1. The molecule has 4 aromatic rings. The minimum Gasteiger partial charge on any atom is -0.367 e. The van der Waals surface area contributed by atoms with Gasteiger partial charge in [-0.05, 0) is 51.0 Å². The molecule has 1 saturated heterocycles. The number of aryl methyl sites for hydroxylation is 1. The molecule has 186 valence electrons. The molecule has 36 heavy (non-hydrogen) atoms. The summed E-state index contributed by atoms with van der Waals surface area (Å²) in [5, 5.41) is 5.18. The average molecular weight is 509 g/mol. The van der Waals surface area contributed by atoms with E-state index in [-0.39, 0.29) is 28.4 Å². The molecule has 0 spiro atoms. The maximum absolute atomic E-state index is 15.1. The third kappa shape index (κ3) is 4.06. The summed E-state index contributed by atoms with van der Waals surface area (Å²) in [6.45, 7) is 4.86. The van der Waals surface area contributed by atoms with E-state index in [2.05, 4.69) is 21.2 Å². The number of benzene rings is 1. The predicted octanol–water partition coefficient (Wildman–Crippen LogP) is 4.59. The number of halogens is 2. The number of fused-ring (bicyclic) bond motifs is 1. The van der Waals surface area contributed by atoms with Crippen molar-refractivity contribution in [3.8, 4) is 11.3 Å². The predicted molar refractivity (Wildman–Crippen MR) is 136 cm³/mol. The summed E-state index contributed by atoms with van der Waals surface area (Å²) in [7, 11) is 1.68. The molecule has 1 aliphatic carbocycles. The van der Waals surface area contributed by atoms with Crippen LogP contribution in [-0.2, 0) is 11.8 Å². The van der Waals surface area contributed by atoms with Gasteiger partial charge in [-0.2, -0.15) is 5.10 Å². The van der Waals surface area contributed by atoms with Gasteiger partial charge in [0.05, 0.1) is 30.3 Å². The van der Waals surface area contributed by atoms with Crippen LogP contribution in [0.4, 0.5) is 10.2 Å². The van der Waals surface area contributed by atoms with Crippen LogP contribution in [0.3, 0.4) is 0 Å². The Morgan fingerprint density at radius 1 is 1.17 bits per heavy atom. The van der Waals surface area contributed by atoms with E-state index >= 15 is 4.39 Å². The van der Waals surface area contributed by atoms with E-state index in [4.69, 9.17) is 21.3 Å². The van der Waals surface area contributed by atoms with Crippen molar-refractivity contribution in [3.63, 3.8) is 0 Å². The molecule has 2 aliphatic rings. The monoisotopic (exact) mass is 508 g/mol. The zero-order chi connectivity index (χ0) is 25.1. The highest BCUT2D eigenvalue weighted by molar-refractivity contribution is 6.30. The molecule has 8 nitrogen and oxygen atoms in total. The van der Waals surface area contributed by atoms with Gasteiger partial charge in [-0.3, -0.25) is 14.0 Å². The van der Waals surface area contributed by atoms with Gasteiger partial charge in [-0.1, -0.05) is 11.6 Å². The van der Waals surface area contributed by atoms with Gasteiger partial charge >= 0.3 is 0 Å². The Bertz CT molecular complexity index is 1550. The van der Waals surface area contributed by atoms with Crippen molar-refractivity contribution in [2.24, 2.45) is 7.05 Å². The molecule has 0 unspecified atom stereocenters. The van der Waals surface area contributed by atoms with Crippen LogP contribution in [0.1, 0.15) is 43.3 Å². The summed E-state index contributed by atoms with van der Waals surface area (Å²) < 4.78 is 24.8. The third-order valence-electron chi connectivity index (χ3n) is 6.96. The Hall–Kier alpha value is -3.30. The molecule has 4 heterocycles. The lowest BCUT2D eigenvalue weighted by Crippen LogP contribution is -2.43. The number of aromatic nitrogens is 5. The molecular formula is C26H26ClFN6O2. The van der Waals surface area contributed by atoms with Crippen molar-refractivity contribution in [2.75, 3.05) is 18.0 Å². The van der Waals surface area contributed by atoms with Gasteiger partial charge in [0, 0.05) is 35.9 Å². The molecule has 1 aromatic carbocycles. The van der Waals surface area contributed by atoms with Crippen molar-refractivity contribution < 1.29 is 9.13 Å². The van der Waals surface area contributed by atoms with Crippen LogP contribution in [0.25, 0.3) is 22.2 Å². The van der Waals surface area contributed by atoms with Crippen LogP contribution in [-0.4, -0.2) is 43.5 Å². The quantitative estimate of drug-likeness (QED) is 0.401. The highest BCUT2D eigenvalue weighted by Gasteiger charge is 2.31. The topological polar surface area (TPSA) is 78.1 Å². The Balaban J connectivity index is 1.47. The summed E-state index contributed by atoms with van der Waals surface area (Å²) >= 11 is 6.00. The van der Waals surface area contributed by atoms with E-state index in [1.807, 2.05) is 17.8 Å².